The summed E-state index contributed by atoms with van der Waals surface area (Å²) in [5, 5.41) is 4.81. The van der Waals surface area contributed by atoms with Crippen LogP contribution >= 0.6 is 11.6 Å². The van der Waals surface area contributed by atoms with Crippen molar-refractivity contribution < 1.29 is 9.59 Å². The van der Waals surface area contributed by atoms with Gasteiger partial charge in [0.05, 0.1) is 6.54 Å². The predicted octanol–water partition coefficient (Wildman–Crippen LogP) is 4.77. The Morgan fingerprint density at radius 3 is 2.53 bits per heavy atom. The summed E-state index contributed by atoms with van der Waals surface area (Å²) in [6.45, 7) is 2.25. The highest BCUT2D eigenvalue weighted by molar-refractivity contribution is 6.30. The highest BCUT2D eigenvalue weighted by Gasteiger charge is 2.49. The van der Waals surface area contributed by atoms with Crippen molar-refractivity contribution in [3.8, 4) is 0 Å². The lowest BCUT2D eigenvalue weighted by Crippen LogP contribution is -2.65. The molecule has 1 atom stereocenters. The van der Waals surface area contributed by atoms with Crippen molar-refractivity contribution >= 4 is 40.0 Å². The topological polar surface area (TPSA) is 54.3 Å². The van der Waals surface area contributed by atoms with Gasteiger partial charge < -0.3 is 9.88 Å². The lowest BCUT2D eigenvalue weighted by molar-refractivity contribution is -0.127. The largest absolute Gasteiger partial charge is 0.351 e. The summed E-state index contributed by atoms with van der Waals surface area (Å²) in [6, 6.07) is 17.1. The number of carbonyl (C=O) groups is 2. The van der Waals surface area contributed by atoms with Gasteiger partial charge in [-0.15, -0.1) is 0 Å². The highest BCUT2D eigenvalue weighted by atomic mass is 35.5. The van der Waals surface area contributed by atoms with E-state index in [0.29, 0.717) is 22.9 Å². The quantitative estimate of drug-likeness (QED) is 0.662. The SMILES string of the molecule is CC1(C(=O)NC2CCCC2)Cn2c(cc3ccccc32)C(=O)N1c1ccc(Cl)cc1. The number of benzene rings is 2. The predicted molar refractivity (Wildman–Crippen MR) is 119 cm³/mol. The molecule has 0 bridgehead atoms. The molecule has 2 amide bonds. The van der Waals surface area contributed by atoms with Crippen molar-refractivity contribution in [3.63, 3.8) is 0 Å². The van der Waals surface area contributed by atoms with E-state index in [-0.39, 0.29) is 17.9 Å². The number of anilines is 1. The van der Waals surface area contributed by atoms with Gasteiger partial charge in [-0.05, 0) is 56.2 Å². The molecule has 2 heterocycles. The van der Waals surface area contributed by atoms with Crippen LogP contribution < -0.4 is 10.2 Å². The maximum atomic E-state index is 13.7. The van der Waals surface area contributed by atoms with Crippen LogP contribution in [-0.2, 0) is 11.3 Å². The van der Waals surface area contributed by atoms with Crippen LogP contribution in [0.4, 0.5) is 5.69 Å². The molecule has 1 N–H and O–H groups in total. The van der Waals surface area contributed by atoms with Gasteiger partial charge in [-0.25, -0.2) is 0 Å². The summed E-state index contributed by atoms with van der Waals surface area (Å²) in [5.74, 6) is -0.287. The first-order chi connectivity index (χ1) is 14.5. The number of rotatable bonds is 3. The Morgan fingerprint density at radius 2 is 1.80 bits per heavy atom. The van der Waals surface area contributed by atoms with E-state index in [4.69, 9.17) is 11.6 Å². The lowest BCUT2D eigenvalue weighted by Gasteiger charge is -2.44. The van der Waals surface area contributed by atoms with E-state index in [2.05, 4.69) is 5.32 Å². The van der Waals surface area contributed by atoms with Crippen molar-refractivity contribution in [1.82, 2.24) is 9.88 Å². The van der Waals surface area contributed by atoms with Gasteiger partial charge in [0.25, 0.3) is 5.91 Å². The van der Waals surface area contributed by atoms with Gasteiger partial charge in [0, 0.05) is 27.7 Å². The van der Waals surface area contributed by atoms with Gasteiger partial charge >= 0.3 is 0 Å². The molecule has 3 aromatic rings. The molecule has 1 saturated carbocycles. The lowest BCUT2D eigenvalue weighted by atomic mass is 9.93. The van der Waals surface area contributed by atoms with Crippen LogP contribution in [0.3, 0.4) is 0 Å². The number of hydrogen-bond donors (Lipinski definition) is 1. The molecule has 0 spiro atoms. The highest BCUT2D eigenvalue weighted by Crippen LogP contribution is 2.36. The van der Waals surface area contributed by atoms with Gasteiger partial charge in [0.1, 0.15) is 11.2 Å². The third-order valence-corrected chi connectivity index (χ3v) is 6.71. The van der Waals surface area contributed by atoms with Gasteiger partial charge in [-0.1, -0.05) is 42.6 Å². The number of para-hydroxylation sites is 1. The first-order valence-corrected chi connectivity index (χ1v) is 10.8. The van der Waals surface area contributed by atoms with Crippen molar-refractivity contribution in [3.05, 3.63) is 65.3 Å². The van der Waals surface area contributed by atoms with Crippen molar-refractivity contribution in [2.75, 3.05) is 4.90 Å². The molecule has 2 aromatic carbocycles. The fourth-order valence-electron chi connectivity index (χ4n) is 4.85. The number of amides is 2. The van der Waals surface area contributed by atoms with E-state index in [1.165, 1.54) is 0 Å². The van der Waals surface area contributed by atoms with Crippen LogP contribution in [-0.4, -0.2) is 28.0 Å². The monoisotopic (exact) mass is 421 g/mol. The number of nitrogens with zero attached hydrogens (tertiary/aromatic N) is 2. The minimum Gasteiger partial charge on any atom is -0.351 e. The molecule has 0 saturated heterocycles. The smallest absolute Gasteiger partial charge is 0.275 e. The third-order valence-electron chi connectivity index (χ3n) is 6.46. The van der Waals surface area contributed by atoms with Crippen LogP contribution in [0.1, 0.15) is 43.1 Å². The van der Waals surface area contributed by atoms with Gasteiger partial charge in [-0.2, -0.15) is 0 Å². The molecule has 30 heavy (non-hydrogen) atoms. The Kier molecular flexibility index (Phi) is 4.58. The molecule has 154 valence electrons. The molecule has 6 heteroatoms. The second-order valence-corrected chi connectivity index (χ2v) is 8.96. The summed E-state index contributed by atoms with van der Waals surface area (Å²) < 4.78 is 1.98. The Labute approximate surface area is 180 Å². The number of fused-ring (bicyclic) bond motifs is 3. The van der Waals surface area contributed by atoms with Gasteiger partial charge in [0.15, 0.2) is 0 Å². The van der Waals surface area contributed by atoms with Gasteiger partial charge in [0.2, 0.25) is 5.91 Å². The minimum absolute atomic E-state index is 0.110. The molecule has 1 aliphatic carbocycles. The maximum Gasteiger partial charge on any atom is 0.275 e. The average molecular weight is 422 g/mol. The zero-order chi connectivity index (χ0) is 20.9. The Hall–Kier alpha value is -2.79. The number of halogens is 1. The van der Waals surface area contributed by atoms with Crippen molar-refractivity contribution in [2.45, 2.75) is 50.7 Å². The van der Waals surface area contributed by atoms with E-state index in [9.17, 15) is 9.59 Å². The summed E-state index contributed by atoms with van der Waals surface area (Å²) in [5.41, 5.74) is 1.18. The standard InChI is InChI=1S/C24H24ClN3O2/c1-24(23(30)26-18-7-3-4-8-18)15-27-20-9-5-2-6-16(20)14-21(27)22(29)28(24)19-12-10-17(25)11-13-19/h2,5-6,9-14,18H,3-4,7-8,15H2,1H3,(H,26,30). The minimum atomic E-state index is -1.05. The third kappa shape index (κ3) is 3.00. The van der Waals surface area contributed by atoms with Crippen LogP contribution in [0.2, 0.25) is 5.02 Å². The van der Waals surface area contributed by atoms with Crippen LogP contribution in [0.25, 0.3) is 10.9 Å². The van der Waals surface area contributed by atoms with Gasteiger partial charge in [-0.3, -0.25) is 14.5 Å². The molecular formula is C24H24ClN3O2. The van der Waals surface area contributed by atoms with E-state index in [0.717, 1.165) is 36.6 Å². The molecule has 0 radical (unpaired) electrons. The molecule has 1 unspecified atom stereocenters. The summed E-state index contributed by atoms with van der Waals surface area (Å²) in [6.07, 6.45) is 4.25. The molecule has 2 aliphatic rings. The number of nitrogens with one attached hydrogen (secondary N) is 1. The Bertz CT molecular complexity index is 1130. The summed E-state index contributed by atoms with van der Waals surface area (Å²) in [7, 11) is 0. The zero-order valence-electron chi connectivity index (χ0n) is 16.9. The molecule has 5 nitrogen and oxygen atoms in total. The van der Waals surface area contributed by atoms with Crippen LogP contribution in [0, 0.1) is 0 Å². The fourth-order valence-corrected chi connectivity index (χ4v) is 4.98. The second kappa shape index (κ2) is 7.17. The van der Waals surface area contributed by atoms with Crippen molar-refractivity contribution in [1.29, 1.82) is 0 Å². The molecule has 1 aromatic heterocycles. The fraction of sp³-hybridized carbons (Fsp3) is 0.333. The normalized spacial score (nSPS) is 21.8. The average Bonchev–Trinajstić information content (AvgIpc) is 3.37. The first kappa shape index (κ1) is 19.2. The van der Waals surface area contributed by atoms with E-state index in [1.807, 2.05) is 41.8 Å². The number of hydrogen-bond acceptors (Lipinski definition) is 2. The van der Waals surface area contributed by atoms with Crippen LogP contribution in [0.15, 0.2) is 54.6 Å². The number of aromatic nitrogens is 1. The molecule has 5 rings (SSSR count). The summed E-state index contributed by atoms with van der Waals surface area (Å²) in [4.78, 5) is 29.0. The molecule has 1 fully saturated rings. The second-order valence-electron chi connectivity index (χ2n) is 8.52. The van der Waals surface area contributed by atoms with E-state index < -0.39 is 5.54 Å². The first-order valence-electron chi connectivity index (χ1n) is 10.5. The summed E-state index contributed by atoms with van der Waals surface area (Å²) >= 11 is 6.08. The van der Waals surface area contributed by atoms with Crippen LogP contribution in [0.5, 0.6) is 0 Å². The Morgan fingerprint density at radius 1 is 1.10 bits per heavy atom. The Balaban J connectivity index is 1.63. The number of carbonyl (C=O) groups excluding carboxylic acids is 2. The van der Waals surface area contributed by atoms with E-state index >= 15 is 0 Å². The zero-order valence-corrected chi connectivity index (χ0v) is 17.7. The molecular weight excluding hydrogens is 398 g/mol. The molecule has 1 aliphatic heterocycles. The maximum absolute atomic E-state index is 13.7. The van der Waals surface area contributed by atoms with E-state index in [1.54, 1.807) is 29.2 Å². The van der Waals surface area contributed by atoms with Crippen molar-refractivity contribution in [2.24, 2.45) is 0 Å².